The predicted molar refractivity (Wildman–Crippen MR) is 199 cm³/mol. The van der Waals surface area contributed by atoms with Crippen LogP contribution in [0.3, 0.4) is 0 Å². The van der Waals surface area contributed by atoms with E-state index < -0.39 is 6.10 Å². The molecule has 8 heteroatoms. The van der Waals surface area contributed by atoms with Crippen LogP contribution in [0.25, 0.3) is 0 Å². The fourth-order valence-corrected chi connectivity index (χ4v) is 5.31. The SMILES string of the molecule is O=C(CCCOCCOCCOCCCC[C@@H](O)COc1ccc(OCc2ccccc2)c(OCc2ccccc2)c1)CCCc1ccccc1. The Hall–Kier alpha value is -4.21. The normalized spacial score (nSPS) is 11.6. The van der Waals surface area contributed by atoms with Crippen molar-refractivity contribution in [3.05, 3.63) is 126 Å². The highest BCUT2D eigenvalue weighted by molar-refractivity contribution is 5.78. The van der Waals surface area contributed by atoms with Gasteiger partial charge in [0.05, 0.1) is 32.5 Å². The van der Waals surface area contributed by atoms with Gasteiger partial charge < -0.3 is 33.5 Å². The molecule has 0 amide bonds. The minimum atomic E-state index is -0.589. The van der Waals surface area contributed by atoms with Gasteiger partial charge in [-0.05, 0) is 67.3 Å². The minimum Gasteiger partial charge on any atom is -0.491 e. The van der Waals surface area contributed by atoms with Gasteiger partial charge in [-0.25, -0.2) is 0 Å². The number of hydrogen-bond donors (Lipinski definition) is 1. The zero-order valence-corrected chi connectivity index (χ0v) is 29.8. The molecule has 0 bridgehead atoms. The Morgan fingerprint density at radius 2 is 1.06 bits per heavy atom. The zero-order valence-electron chi connectivity index (χ0n) is 29.8. The Morgan fingerprint density at radius 3 is 1.69 bits per heavy atom. The summed E-state index contributed by atoms with van der Waals surface area (Å²) in [6.07, 6.45) is 5.48. The molecule has 0 aromatic heterocycles. The molecule has 51 heavy (non-hydrogen) atoms. The summed E-state index contributed by atoms with van der Waals surface area (Å²) in [6.45, 7) is 4.23. The fraction of sp³-hybridized carbons (Fsp3) is 0.419. The molecule has 0 aliphatic heterocycles. The Bertz CT molecular complexity index is 1470. The predicted octanol–water partition coefficient (Wildman–Crippen LogP) is 8.18. The first kappa shape index (κ1) is 39.6. The van der Waals surface area contributed by atoms with Crippen LogP contribution in [0.4, 0.5) is 0 Å². The molecule has 1 N–H and O–H groups in total. The first-order valence-corrected chi connectivity index (χ1v) is 18.2. The molecule has 0 aliphatic rings. The average Bonchev–Trinajstić information content (AvgIpc) is 3.17. The number of aliphatic hydroxyl groups excluding tert-OH is 1. The third kappa shape index (κ3) is 17.5. The van der Waals surface area contributed by atoms with Gasteiger partial charge in [-0.1, -0.05) is 91.0 Å². The van der Waals surface area contributed by atoms with Gasteiger partial charge in [-0.2, -0.15) is 0 Å². The molecule has 0 unspecified atom stereocenters. The van der Waals surface area contributed by atoms with Crippen molar-refractivity contribution < 1.29 is 38.3 Å². The molecular weight excluding hydrogens is 644 g/mol. The second kappa shape index (κ2) is 24.9. The molecular formula is C43H54O8. The number of ether oxygens (including phenoxy) is 6. The lowest BCUT2D eigenvalue weighted by atomic mass is 10.0. The van der Waals surface area contributed by atoms with E-state index in [2.05, 4.69) is 12.1 Å². The highest BCUT2D eigenvalue weighted by Gasteiger charge is 2.11. The Balaban J connectivity index is 0.986. The summed E-state index contributed by atoms with van der Waals surface area (Å²) in [7, 11) is 0. The minimum absolute atomic E-state index is 0.185. The van der Waals surface area contributed by atoms with E-state index in [1.807, 2.05) is 97.1 Å². The number of Topliss-reactive ketones (excluding diaryl/α,β-unsaturated/α-hetero) is 1. The number of benzene rings is 4. The van der Waals surface area contributed by atoms with Crippen LogP contribution in [-0.2, 0) is 38.6 Å². The van der Waals surface area contributed by atoms with Crippen LogP contribution in [0.2, 0.25) is 0 Å². The van der Waals surface area contributed by atoms with Crippen molar-refractivity contribution in [1.82, 2.24) is 0 Å². The quantitative estimate of drug-likeness (QED) is 0.0594. The lowest BCUT2D eigenvalue weighted by Crippen LogP contribution is -2.17. The number of carbonyl (C=O) groups excluding carboxylic acids is 1. The highest BCUT2D eigenvalue weighted by atomic mass is 16.5. The van der Waals surface area contributed by atoms with E-state index in [1.54, 1.807) is 0 Å². The van der Waals surface area contributed by atoms with Crippen molar-refractivity contribution in [2.75, 3.05) is 46.2 Å². The van der Waals surface area contributed by atoms with Crippen LogP contribution in [0.5, 0.6) is 17.2 Å². The summed E-state index contributed by atoms with van der Waals surface area (Å²) in [4.78, 5) is 12.1. The third-order valence-electron chi connectivity index (χ3n) is 8.16. The van der Waals surface area contributed by atoms with Gasteiger partial charge >= 0.3 is 0 Å². The van der Waals surface area contributed by atoms with Gasteiger partial charge in [0.15, 0.2) is 11.5 Å². The Kier molecular flexibility index (Phi) is 19.3. The lowest BCUT2D eigenvalue weighted by molar-refractivity contribution is -0.119. The summed E-state index contributed by atoms with van der Waals surface area (Å²) >= 11 is 0. The van der Waals surface area contributed by atoms with Crippen LogP contribution >= 0.6 is 0 Å². The van der Waals surface area contributed by atoms with E-state index >= 15 is 0 Å². The molecule has 4 rings (SSSR count). The molecule has 4 aromatic carbocycles. The zero-order chi connectivity index (χ0) is 35.6. The van der Waals surface area contributed by atoms with Gasteiger partial charge in [0.1, 0.15) is 31.4 Å². The van der Waals surface area contributed by atoms with Crippen LogP contribution in [0, 0.1) is 0 Å². The maximum Gasteiger partial charge on any atom is 0.165 e. The van der Waals surface area contributed by atoms with Gasteiger partial charge in [-0.3, -0.25) is 4.79 Å². The fourth-order valence-electron chi connectivity index (χ4n) is 5.31. The van der Waals surface area contributed by atoms with Crippen molar-refractivity contribution in [1.29, 1.82) is 0 Å². The second-order valence-electron chi connectivity index (χ2n) is 12.4. The molecule has 0 aliphatic carbocycles. The molecule has 0 heterocycles. The van der Waals surface area contributed by atoms with Crippen molar-refractivity contribution in [2.45, 2.75) is 70.7 Å². The van der Waals surface area contributed by atoms with Gasteiger partial charge in [0, 0.05) is 32.1 Å². The van der Waals surface area contributed by atoms with Crippen LogP contribution in [-0.4, -0.2) is 63.2 Å². The maximum absolute atomic E-state index is 12.1. The van der Waals surface area contributed by atoms with Gasteiger partial charge in [0.2, 0.25) is 0 Å². The number of rotatable bonds is 28. The van der Waals surface area contributed by atoms with Crippen molar-refractivity contribution >= 4 is 5.78 Å². The molecule has 274 valence electrons. The van der Waals surface area contributed by atoms with E-state index in [-0.39, 0.29) is 6.61 Å². The lowest BCUT2D eigenvalue weighted by Gasteiger charge is -2.16. The summed E-state index contributed by atoms with van der Waals surface area (Å²) in [5, 5.41) is 10.5. The molecule has 0 spiro atoms. The van der Waals surface area contributed by atoms with Crippen molar-refractivity contribution in [2.24, 2.45) is 0 Å². The molecule has 0 radical (unpaired) electrons. The Morgan fingerprint density at radius 1 is 0.529 bits per heavy atom. The van der Waals surface area contributed by atoms with Crippen LogP contribution in [0.15, 0.2) is 109 Å². The number of hydrogen-bond acceptors (Lipinski definition) is 8. The smallest absolute Gasteiger partial charge is 0.165 e. The first-order chi connectivity index (χ1) is 25.2. The van der Waals surface area contributed by atoms with E-state index in [1.165, 1.54) is 5.56 Å². The molecule has 4 aromatic rings. The van der Waals surface area contributed by atoms with Crippen molar-refractivity contribution in [3.63, 3.8) is 0 Å². The van der Waals surface area contributed by atoms with E-state index in [0.717, 1.165) is 43.2 Å². The largest absolute Gasteiger partial charge is 0.491 e. The molecule has 0 saturated heterocycles. The summed E-state index contributed by atoms with van der Waals surface area (Å²) in [5.41, 5.74) is 3.40. The van der Waals surface area contributed by atoms with Gasteiger partial charge in [0.25, 0.3) is 0 Å². The van der Waals surface area contributed by atoms with E-state index in [0.29, 0.717) is 95.1 Å². The van der Waals surface area contributed by atoms with Crippen LogP contribution in [0.1, 0.15) is 61.6 Å². The van der Waals surface area contributed by atoms with E-state index in [9.17, 15) is 9.90 Å². The molecule has 1 atom stereocenters. The van der Waals surface area contributed by atoms with Crippen molar-refractivity contribution in [3.8, 4) is 17.2 Å². The first-order valence-electron chi connectivity index (χ1n) is 18.2. The number of aliphatic hydroxyl groups is 1. The number of unbranched alkanes of at least 4 members (excludes halogenated alkanes) is 1. The third-order valence-corrected chi connectivity index (χ3v) is 8.16. The summed E-state index contributed by atoms with van der Waals surface area (Å²) in [5.74, 6) is 2.13. The highest BCUT2D eigenvalue weighted by Crippen LogP contribution is 2.33. The summed E-state index contributed by atoms with van der Waals surface area (Å²) < 4.78 is 35.0. The molecule has 8 nitrogen and oxygen atoms in total. The average molecular weight is 699 g/mol. The second-order valence-corrected chi connectivity index (χ2v) is 12.4. The van der Waals surface area contributed by atoms with Crippen LogP contribution < -0.4 is 14.2 Å². The number of ketones is 1. The maximum atomic E-state index is 12.1. The topological polar surface area (TPSA) is 92.7 Å². The molecule has 0 fully saturated rings. The number of carbonyl (C=O) groups is 1. The Labute approximate surface area is 303 Å². The monoisotopic (exact) mass is 698 g/mol. The number of aryl methyl sites for hydroxylation is 1. The van der Waals surface area contributed by atoms with E-state index in [4.69, 9.17) is 28.4 Å². The summed E-state index contributed by atoms with van der Waals surface area (Å²) in [6, 6.07) is 35.7. The van der Waals surface area contributed by atoms with Gasteiger partial charge in [-0.15, -0.1) is 0 Å². The molecule has 0 saturated carbocycles. The standard InChI is InChI=1S/C43H54O8/c44-39(22-12-20-36-14-4-1-5-15-36)23-13-27-47-29-31-48-30-28-46-26-11-10-21-40(45)35-49-41-24-25-42(50-33-37-16-6-2-7-17-37)43(32-41)51-34-38-18-8-3-9-19-38/h1-9,14-19,24-25,32,40,45H,10-13,20-23,26-31,33-35H2/t40-/m1/s1.